The van der Waals surface area contributed by atoms with E-state index in [1.54, 1.807) is 0 Å². The molecule has 37 heavy (non-hydrogen) atoms. The van der Waals surface area contributed by atoms with Gasteiger partial charge in [-0.3, -0.25) is 0 Å². The van der Waals surface area contributed by atoms with Gasteiger partial charge in [0.2, 0.25) is 0 Å². The van der Waals surface area contributed by atoms with E-state index in [0.29, 0.717) is 0 Å². The quantitative estimate of drug-likeness (QED) is 0.233. The normalized spacial score (nSPS) is 13.4. The summed E-state index contributed by atoms with van der Waals surface area (Å²) in [5.74, 6) is 0. The summed E-state index contributed by atoms with van der Waals surface area (Å²) in [6.45, 7) is 0. The van der Waals surface area contributed by atoms with E-state index in [1.165, 1.54) is 17.5 Å². The minimum Gasteiger partial charge on any atom is -0.237 e. The Morgan fingerprint density at radius 1 is 0.595 bits per heavy atom. The summed E-state index contributed by atoms with van der Waals surface area (Å²) in [7, 11) is 0. The van der Waals surface area contributed by atoms with Crippen LogP contribution in [0.3, 0.4) is 0 Å². The molecule has 4 aromatic rings. The largest absolute Gasteiger partial charge is 0.435 e. The summed E-state index contributed by atoms with van der Waals surface area (Å²) in [6, 6.07) is 2.83. The highest BCUT2D eigenvalue weighted by Crippen LogP contribution is 2.45. The first-order valence-electron chi connectivity index (χ1n) is 9.44. The number of rotatable bonds is 2. The number of halogens is 12. The second-order valence-corrected chi connectivity index (χ2v) is 8.19. The number of fused-ring (bicyclic) bond motifs is 1. The van der Waals surface area contributed by atoms with Crippen molar-refractivity contribution in [3.05, 3.63) is 58.2 Å². The number of benzene rings is 1. The Morgan fingerprint density at radius 2 is 1.14 bits per heavy atom. The van der Waals surface area contributed by atoms with E-state index in [1.807, 2.05) is 0 Å². The van der Waals surface area contributed by atoms with Crippen LogP contribution >= 0.6 is 11.3 Å². The Balaban J connectivity index is 2.16. The fourth-order valence-electron chi connectivity index (χ4n) is 3.28. The third-order valence-corrected chi connectivity index (χ3v) is 5.67. The lowest BCUT2D eigenvalue weighted by molar-refractivity contribution is -0.167. The monoisotopic (exact) mass is 562 g/mol. The Bertz CT molecular complexity index is 1470. The lowest BCUT2D eigenvalue weighted by Crippen LogP contribution is -2.21. The predicted octanol–water partition coefficient (Wildman–Crippen LogP) is 7.89. The molecule has 0 unspecified atom stereocenters. The molecule has 0 spiro atoms. The van der Waals surface area contributed by atoms with Crippen molar-refractivity contribution < 1.29 is 52.7 Å². The van der Waals surface area contributed by atoms with Crippen LogP contribution in [0, 0.1) is 0 Å². The summed E-state index contributed by atoms with van der Waals surface area (Å²) in [5.41, 5.74) is -13.8. The Labute approximate surface area is 200 Å². The predicted molar refractivity (Wildman–Crippen MR) is 104 cm³/mol. The smallest absolute Gasteiger partial charge is 0.237 e. The fourth-order valence-corrected chi connectivity index (χ4v) is 3.99. The minimum atomic E-state index is -5.76. The van der Waals surface area contributed by atoms with Crippen molar-refractivity contribution in [1.29, 1.82) is 0 Å². The Morgan fingerprint density at radius 3 is 1.59 bits per heavy atom. The van der Waals surface area contributed by atoms with Gasteiger partial charge in [-0.25, -0.2) is 9.97 Å². The molecule has 3 aromatic heterocycles. The first-order chi connectivity index (χ1) is 16.9. The standard InChI is InChI=1S/C20H6F12N4S/c21-17(22,23)7-3-4-8(9(6-7)18(24,25)26)11-13-14(12(36-35-11)10-2-1-5-37-10)34-16(20(30,31)32)15(33-13)19(27,28)29/h1-6H. The number of aromatic nitrogens is 4. The molecule has 0 aliphatic heterocycles. The average Bonchev–Trinajstić information content (AvgIpc) is 3.29. The topological polar surface area (TPSA) is 51.6 Å². The molecule has 0 bridgehead atoms. The molecule has 0 aliphatic rings. The van der Waals surface area contributed by atoms with Crippen molar-refractivity contribution in [2.45, 2.75) is 24.7 Å². The maximum Gasteiger partial charge on any atom is 0.435 e. The molecule has 0 aliphatic carbocycles. The molecule has 0 saturated heterocycles. The highest BCUT2D eigenvalue weighted by molar-refractivity contribution is 7.13. The van der Waals surface area contributed by atoms with Crippen molar-refractivity contribution in [3.63, 3.8) is 0 Å². The van der Waals surface area contributed by atoms with Crippen LogP contribution in [0.5, 0.6) is 0 Å². The minimum absolute atomic E-state index is 0.0368. The van der Waals surface area contributed by atoms with Crippen molar-refractivity contribution in [2.24, 2.45) is 0 Å². The van der Waals surface area contributed by atoms with Crippen LogP contribution in [-0.4, -0.2) is 20.2 Å². The molecule has 1 aromatic carbocycles. The molecule has 0 saturated carbocycles. The summed E-state index contributed by atoms with van der Waals surface area (Å²) < 4.78 is 161. The number of alkyl halides is 12. The number of thiophene rings is 1. The van der Waals surface area contributed by atoms with Gasteiger partial charge in [0.1, 0.15) is 22.4 Å². The summed E-state index contributed by atoms with van der Waals surface area (Å²) >= 11 is 0.849. The van der Waals surface area contributed by atoms with Gasteiger partial charge in [0.05, 0.1) is 16.0 Å². The van der Waals surface area contributed by atoms with Crippen LogP contribution in [0.15, 0.2) is 35.7 Å². The van der Waals surface area contributed by atoms with Gasteiger partial charge in [-0.2, -0.15) is 52.7 Å². The van der Waals surface area contributed by atoms with Crippen molar-refractivity contribution in [1.82, 2.24) is 20.2 Å². The number of hydrogen-bond donors (Lipinski definition) is 0. The lowest BCUT2D eigenvalue weighted by Gasteiger charge is -2.18. The molecule has 0 atom stereocenters. The maximum atomic E-state index is 13.7. The van der Waals surface area contributed by atoms with E-state index in [0.717, 1.165) is 11.3 Å². The van der Waals surface area contributed by atoms with Crippen molar-refractivity contribution in [3.8, 4) is 21.8 Å². The number of hydrogen-bond acceptors (Lipinski definition) is 5. The molecule has 0 radical (unpaired) electrons. The molecule has 0 fully saturated rings. The fraction of sp³-hybridized carbons (Fsp3) is 0.200. The van der Waals surface area contributed by atoms with E-state index in [4.69, 9.17) is 0 Å². The molecule has 196 valence electrons. The summed E-state index contributed by atoms with van der Waals surface area (Å²) in [5, 5.41) is 8.41. The zero-order chi connectivity index (χ0) is 27.6. The van der Waals surface area contributed by atoms with Crippen molar-refractivity contribution in [2.75, 3.05) is 0 Å². The van der Waals surface area contributed by atoms with Gasteiger partial charge in [0.15, 0.2) is 11.4 Å². The van der Waals surface area contributed by atoms with E-state index in [9.17, 15) is 52.7 Å². The van der Waals surface area contributed by atoms with Crippen LogP contribution < -0.4 is 0 Å². The highest BCUT2D eigenvalue weighted by atomic mass is 32.1. The average molecular weight is 562 g/mol. The zero-order valence-electron chi connectivity index (χ0n) is 17.2. The van der Waals surface area contributed by atoms with Crippen LogP contribution in [0.1, 0.15) is 22.5 Å². The third-order valence-electron chi connectivity index (χ3n) is 4.79. The van der Waals surface area contributed by atoms with Crippen molar-refractivity contribution >= 4 is 22.4 Å². The summed E-state index contributed by atoms with van der Waals surface area (Å²) in [4.78, 5) is 6.03. The van der Waals surface area contributed by atoms with E-state index < -0.39 is 75.2 Å². The van der Waals surface area contributed by atoms with Gasteiger partial charge in [-0.1, -0.05) is 12.1 Å². The SMILES string of the molecule is FC(F)(F)c1ccc(-c2nnc(-c3cccs3)c3nc(C(F)(F)F)c(C(F)(F)F)nc23)c(C(F)(F)F)c1. The van der Waals surface area contributed by atoms with E-state index >= 15 is 0 Å². The highest BCUT2D eigenvalue weighted by Gasteiger charge is 2.47. The Kier molecular flexibility index (Phi) is 6.12. The first kappa shape index (κ1) is 26.6. The first-order valence-corrected chi connectivity index (χ1v) is 10.3. The number of nitrogens with zero attached hydrogens (tertiary/aromatic N) is 4. The molecule has 0 amide bonds. The summed E-state index contributed by atoms with van der Waals surface area (Å²) in [6.07, 6.45) is -22.2. The van der Waals surface area contributed by atoms with Crippen LogP contribution in [-0.2, 0) is 24.7 Å². The van der Waals surface area contributed by atoms with Gasteiger partial charge in [0.25, 0.3) is 0 Å². The van der Waals surface area contributed by atoms with Crippen LogP contribution in [0.25, 0.3) is 32.9 Å². The molecule has 4 rings (SSSR count). The van der Waals surface area contributed by atoms with E-state index in [2.05, 4.69) is 20.2 Å². The van der Waals surface area contributed by atoms with E-state index in [-0.39, 0.29) is 23.1 Å². The molecule has 3 heterocycles. The van der Waals surface area contributed by atoms with Gasteiger partial charge < -0.3 is 0 Å². The molecule has 4 nitrogen and oxygen atoms in total. The molecular formula is C20H6F12N4S. The maximum absolute atomic E-state index is 13.7. The molecule has 17 heteroatoms. The zero-order valence-corrected chi connectivity index (χ0v) is 18.0. The second kappa shape index (κ2) is 8.53. The van der Waals surface area contributed by atoms with Gasteiger partial charge in [-0.15, -0.1) is 21.5 Å². The molecular weight excluding hydrogens is 556 g/mol. The van der Waals surface area contributed by atoms with Gasteiger partial charge in [0, 0.05) is 5.56 Å². The van der Waals surface area contributed by atoms with Crippen LogP contribution in [0.4, 0.5) is 52.7 Å². The third kappa shape index (κ3) is 5.03. The van der Waals surface area contributed by atoms with Crippen LogP contribution in [0.2, 0.25) is 0 Å². The molecule has 0 N–H and O–H groups in total. The second-order valence-electron chi connectivity index (χ2n) is 7.24. The van der Waals surface area contributed by atoms with Gasteiger partial charge >= 0.3 is 24.7 Å². The Hall–Kier alpha value is -3.50. The van der Waals surface area contributed by atoms with Gasteiger partial charge in [-0.05, 0) is 23.6 Å². The lowest BCUT2D eigenvalue weighted by atomic mass is 9.99.